The molecule has 0 aliphatic heterocycles. The summed E-state index contributed by atoms with van der Waals surface area (Å²) >= 11 is 0. The van der Waals surface area contributed by atoms with E-state index in [9.17, 15) is 22.4 Å². The quantitative estimate of drug-likeness (QED) is 0.460. The Hall–Kier alpha value is -4.12. The van der Waals surface area contributed by atoms with Crippen LogP contribution in [0.4, 0.5) is 15.8 Å². The number of halogens is 1. The van der Waals surface area contributed by atoms with Gasteiger partial charge in [0.2, 0.25) is 0 Å². The number of hydrogen-bond acceptors (Lipinski definition) is 6. The molecule has 3 aromatic carbocycles. The topological polar surface area (TPSA) is 137 Å². The van der Waals surface area contributed by atoms with Gasteiger partial charge in [0.25, 0.3) is 21.8 Å². The van der Waals surface area contributed by atoms with E-state index < -0.39 is 27.7 Å². The molecule has 0 aliphatic rings. The Morgan fingerprint density at radius 1 is 0.909 bits per heavy atom. The molecule has 0 bridgehead atoms. The molecule has 0 atom stereocenters. The highest BCUT2D eigenvalue weighted by molar-refractivity contribution is 7.92. The number of anilines is 2. The van der Waals surface area contributed by atoms with Gasteiger partial charge in [0, 0.05) is 11.6 Å². The molecule has 4 N–H and O–H groups in total. The van der Waals surface area contributed by atoms with Gasteiger partial charge in [-0.2, -0.15) is 0 Å². The Labute approximate surface area is 189 Å². The van der Waals surface area contributed by atoms with Gasteiger partial charge in [0.15, 0.2) is 11.5 Å². The molecular weight excluding hydrogens is 453 g/mol. The number of rotatable bonds is 8. The average molecular weight is 473 g/mol. The van der Waals surface area contributed by atoms with Crippen LogP contribution >= 0.6 is 0 Å². The second-order valence-corrected chi connectivity index (χ2v) is 8.37. The van der Waals surface area contributed by atoms with Crippen molar-refractivity contribution in [2.45, 2.75) is 4.90 Å². The first-order chi connectivity index (χ1) is 15.7. The van der Waals surface area contributed by atoms with Crippen LogP contribution in [0.15, 0.2) is 65.6 Å². The number of carbonyl (C=O) groups is 2. The number of carbonyl (C=O) groups excluding carboxylic acids is 2. The smallest absolute Gasteiger partial charge is 0.262 e. The Bertz CT molecular complexity index is 1330. The Morgan fingerprint density at radius 2 is 1.58 bits per heavy atom. The van der Waals surface area contributed by atoms with Crippen molar-refractivity contribution in [3.8, 4) is 11.5 Å². The van der Waals surface area contributed by atoms with E-state index in [1.165, 1.54) is 62.8 Å². The molecule has 0 radical (unpaired) electrons. The van der Waals surface area contributed by atoms with Crippen molar-refractivity contribution < 1.29 is 31.9 Å². The van der Waals surface area contributed by atoms with Crippen LogP contribution in [0, 0.1) is 5.82 Å². The first-order valence-electron chi connectivity index (χ1n) is 9.41. The highest BCUT2D eigenvalue weighted by atomic mass is 32.2. The lowest BCUT2D eigenvalue weighted by molar-refractivity contribution is 0.100. The summed E-state index contributed by atoms with van der Waals surface area (Å²) in [6.07, 6.45) is 0. The van der Waals surface area contributed by atoms with E-state index in [0.717, 1.165) is 12.1 Å². The average Bonchev–Trinajstić information content (AvgIpc) is 2.80. The fraction of sp³-hybridized carbons (Fsp3) is 0.0909. The van der Waals surface area contributed by atoms with Crippen LogP contribution in [0.3, 0.4) is 0 Å². The van der Waals surface area contributed by atoms with Crippen LogP contribution < -0.4 is 25.2 Å². The zero-order valence-electron chi connectivity index (χ0n) is 17.6. The van der Waals surface area contributed by atoms with E-state index in [2.05, 4.69) is 10.0 Å². The van der Waals surface area contributed by atoms with E-state index in [1.807, 2.05) is 0 Å². The monoisotopic (exact) mass is 473 g/mol. The summed E-state index contributed by atoms with van der Waals surface area (Å²) in [4.78, 5) is 24.4. The van der Waals surface area contributed by atoms with Gasteiger partial charge in [0.05, 0.1) is 36.1 Å². The predicted molar refractivity (Wildman–Crippen MR) is 120 cm³/mol. The van der Waals surface area contributed by atoms with E-state index >= 15 is 0 Å². The molecule has 2 amide bonds. The lowest BCUT2D eigenvalue weighted by Crippen LogP contribution is -2.19. The van der Waals surface area contributed by atoms with Crippen molar-refractivity contribution in [2.24, 2.45) is 5.73 Å². The minimum Gasteiger partial charge on any atom is -0.493 e. The maximum atomic E-state index is 13.9. The molecule has 11 heteroatoms. The van der Waals surface area contributed by atoms with Crippen molar-refractivity contribution in [2.75, 3.05) is 24.3 Å². The van der Waals surface area contributed by atoms with Gasteiger partial charge in [-0.25, -0.2) is 12.8 Å². The van der Waals surface area contributed by atoms with Crippen LogP contribution in [0.25, 0.3) is 0 Å². The molecule has 0 saturated carbocycles. The highest BCUT2D eigenvalue weighted by Crippen LogP contribution is 2.33. The van der Waals surface area contributed by atoms with E-state index in [0.29, 0.717) is 0 Å². The molecule has 0 aromatic heterocycles. The Balaban J connectivity index is 1.92. The fourth-order valence-electron chi connectivity index (χ4n) is 2.93. The molecule has 3 aromatic rings. The number of nitrogens with two attached hydrogens (primary N) is 1. The largest absolute Gasteiger partial charge is 0.493 e. The Morgan fingerprint density at radius 3 is 2.21 bits per heavy atom. The van der Waals surface area contributed by atoms with Gasteiger partial charge in [0.1, 0.15) is 5.82 Å². The summed E-state index contributed by atoms with van der Waals surface area (Å²) in [6.45, 7) is 0. The normalized spacial score (nSPS) is 10.9. The molecule has 0 saturated heterocycles. The third-order valence-corrected chi connectivity index (χ3v) is 5.93. The predicted octanol–water partition coefficient (Wildman–Crippen LogP) is 2.99. The second-order valence-electron chi connectivity index (χ2n) is 6.68. The summed E-state index contributed by atoms with van der Waals surface area (Å²) in [6, 6.07) is 13.1. The number of primary amides is 1. The van der Waals surface area contributed by atoms with Gasteiger partial charge < -0.3 is 20.5 Å². The van der Waals surface area contributed by atoms with Gasteiger partial charge in [-0.3, -0.25) is 14.3 Å². The highest BCUT2D eigenvalue weighted by Gasteiger charge is 2.20. The number of hydrogen-bond donors (Lipinski definition) is 3. The van der Waals surface area contributed by atoms with Crippen LogP contribution in [-0.2, 0) is 10.0 Å². The van der Waals surface area contributed by atoms with Gasteiger partial charge in [-0.05, 0) is 36.4 Å². The van der Waals surface area contributed by atoms with Crippen molar-refractivity contribution in [1.29, 1.82) is 0 Å². The number of methoxy groups -OCH3 is 2. The zero-order chi connectivity index (χ0) is 24.2. The van der Waals surface area contributed by atoms with Crippen LogP contribution in [0.5, 0.6) is 11.5 Å². The summed E-state index contributed by atoms with van der Waals surface area (Å²) in [5.74, 6) is -1.81. The number of sulfonamides is 1. The SMILES string of the molecule is COc1cc(NC(=O)c2cccc(S(=O)(=O)Nc3ccccc3F)c2)c(C(N)=O)cc1OC. The molecule has 0 unspecified atom stereocenters. The van der Waals surface area contributed by atoms with E-state index in [1.54, 1.807) is 0 Å². The van der Waals surface area contributed by atoms with Gasteiger partial charge in [-0.15, -0.1) is 0 Å². The number of nitrogens with one attached hydrogen (secondary N) is 2. The second kappa shape index (κ2) is 9.57. The lowest BCUT2D eigenvalue weighted by atomic mass is 10.1. The van der Waals surface area contributed by atoms with Crippen LogP contribution in [0.1, 0.15) is 20.7 Å². The van der Waals surface area contributed by atoms with Crippen molar-refractivity contribution in [3.05, 3.63) is 77.6 Å². The molecule has 9 nitrogen and oxygen atoms in total. The van der Waals surface area contributed by atoms with Gasteiger partial charge in [-0.1, -0.05) is 18.2 Å². The van der Waals surface area contributed by atoms with E-state index in [4.69, 9.17) is 15.2 Å². The van der Waals surface area contributed by atoms with E-state index in [-0.39, 0.29) is 38.9 Å². The molecular formula is C22H20FN3O6S. The molecule has 0 aliphatic carbocycles. The molecule has 0 spiro atoms. The summed E-state index contributed by atoms with van der Waals surface area (Å²) in [5.41, 5.74) is 5.15. The minimum atomic E-state index is -4.19. The number of amides is 2. The van der Waals surface area contributed by atoms with Crippen molar-refractivity contribution in [3.63, 3.8) is 0 Å². The first-order valence-corrected chi connectivity index (χ1v) is 10.9. The van der Waals surface area contributed by atoms with Crippen LogP contribution in [0.2, 0.25) is 0 Å². The van der Waals surface area contributed by atoms with Crippen molar-refractivity contribution >= 4 is 33.2 Å². The first kappa shape index (κ1) is 23.5. The van der Waals surface area contributed by atoms with Crippen LogP contribution in [-0.4, -0.2) is 34.5 Å². The summed E-state index contributed by atoms with van der Waals surface area (Å²) < 4.78 is 51.7. The number of ether oxygens (including phenoxy) is 2. The summed E-state index contributed by atoms with van der Waals surface area (Å²) in [5, 5.41) is 2.52. The third kappa shape index (κ3) is 5.21. The fourth-order valence-corrected chi connectivity index (χ4v) is 4.05. The number of para-hydroxylation sites is 1. The Kier molecular flexibility index (Phi) is 6.83. The summed E-state index contributed by atoms with van der Waals surface area (Å²) in [7, 11) is -1.43. The zero-order valence-corrected chi connectivity index (χ0v) is 18.4. The maximum Gasteiger partial charge on any atom is 0.262 e. The molecule has 33 heavy (non-hydrogen) atoms. The minimum absolute atomic E-state index is 0.0309. The molecule has 172 valence electrons. The standard InChI is InChI=1S/C22H20FN3O6S/c1-31-19-11-15(21(24)27)18(12-20(19)32-2)25-22(28)13-6-5-7-14(10-13)33(29,30)26-17-9-4-3-8-16(17)23/h3-12,26H,1-2H3,(H2,24,27)(H,25,28). The molecule has 3 rings (SSSR count). The van der Waals surface area contributed by atoms with Gasteiger partial charge >= 0.3 is 0 Å². The maximum absolute atomic E-state index is 13.9. The van der Waals surface area contributed by atoms with Crippen molar-refractivity contribution in [1.82, 2.24) is 0 Å². The molecule has 0 fully saturated rings. The number of benzene rings is 3. The lowest BCUT2D eigenvalue weighted by Gasteiger charge is -2.14. The third-order valence-electron chi connectivity index (χ3n) is 4.56. The molecule has 0 heterocycles.